The van der Waals surface area contributed by atoms with Crippen LogP contribution in [-0.2, 0) is 0 Å². The van der Waals surface area contributed by atoms with Crippen LogP contribution in [-0.4, -0.2) is 9.97 Å². The zero-order chi connectivity index (χ0) is 10.8. The maximum atomic E-state index is 4.07. The Kier molecular flexibility index (Phi) is 2.41. The summed E-state index contributed by atoms with van der Waals surface area (Å²) in [6, 6.07) is 8.55. The Balaban J connectivity index is 1.85. The Bertz CT molecular complexity index is 407. The van der Waals surface area contributed by atoms with Crippen molar-refractivity contribution >= 4 is 0 Å². The van der Waals surface area contributed by atoms with Gasteiger partial charge in [-0.15, -0.1) is 0 Å². The van der Waals surface area contributed by atoms with Crippen LogP contribution in [0.4, 0.5) is 0 Å². The molecule has 1 saturated carbocycles. The normalized spacial score (nSPS) is 23.8. The number of pyridine rings is 2. The second-order valence-corrected chi connectivity index (χ2v) is 4.35. The molecule has 2 nitrogen and oxygen atoms in total. The quantitative estimate of drug-likeness (QED) is 0.761. The van der Waals surface area contributed by atoms with Gasteiger partial charge in [0.2, 0.25) is 0 Å². The molecule has 0 aromatic carbocycles. The molecule has 2 atom stereocenters. The highest BCUT2D eigenvalue weighted by Crippen LogP contribution is 2.48. The van der Waals surface area contributed by atoms with E-state index in [2.05, 4.69) is 34.2 Å². The van der Waals surface area contributed by atoms with Crippen LogP contribution in [0.25, 0.3) is 0 Å². The Morgan fingerprint density at radius 3 is 1.38 bits per heavy atom. The van der Waals surface area contributed by atoms with E-state index in [1.165, 1.54) is 24.0 Å². The van der Waals surface area contributed by atoms with E-state index in [1.807, 2.05) is 24.8 Å². The summed E-state index contributed by atoms with van der Waals surface area (Å²) in [5.74, 6) is 1.34. The minimum atomic E-state index is 0.672. The molecule has 0 bridgehead atoms. The van der Waals surface area contributed by atoms with E-state index in [0.29, 0.717) is 11.8 Å². The molecule has 2 aromatic heterocycles. The van der Waals surface area contributed by atoms with E-state index in [4.69, 9.17) is 0 Å². The van der Waals surface area contributed by atoms with Gasteiger partial charge in [0, 0.05) is 24.8 Å². The lowest BCUT2D eigenvalue weighted by molar-refractivity contribution is 0.346. The number of aromatic nitrogens is 2. The lowest BCUT2D eigenvalue weighted by Crippen LogP contribution is -2.21. The van der Waals surface area contributed by atoms with Crippen LogP contribution in [0.5, 0.6) is 0 Å². The van der Waals surface area contributed by atoms with Gasteiger partial charge in [-0.1, -0.05) is 0 Å². The molecule has 0 aliphatic heterocycles. The molecule has 80 valence electrons. The van der Waals surface area contributed by atoms with Crippen molar-refractivity contribution in [3.8, 4) is 0 Å². The summed E-state index contributed by atoms with van der Waals surface area (Å²) in [6.45, 7) is 0. The highest BCUT2D eigenvalue weighted by atomic mass is 14.6. The van der Waals surface area contributed by atoms with E-state index < -0.39 is 0 Å². The highest BCUT2D eigenvalue weighted by molar-refractivity contribution is 5.29. The molecule has 1 fully saturated rings. The number of hydrogen-bond donors (Lipinski definition) is 0. The second kappa shape index (κ2) is 4.05. The van der Waals surface area contributed by atoms with Crippen molar-refractivity contribution in [2.75, 3.05) is 0 Å². The predicted octanol–water partition coefficient (Wildman–Crippen LogP) is 3.14. The summed E-state index contributed by atoms with van der Waals surface area (Å²) < 4.78 is 0. The summed E-state index contributed by atoms with van der Waals surface area (Å²) >= 11 is 0. The van der Waals surface area contributed by atoms with Gasteiger partial charge >= 0.3 is 0 Å². The van der Waals surface area contributed by atoms with Crippen LogP contribution >= 0.6 is 0 Å². The first kappa shape index (κ1) is 9.52. The van der Waals surface area contributed by atoms with Gasteiger partial charge in [0.1, 0.15) is 0 Å². The Labute approximate surface area is 95.4 Å². The fourth-order valence-electron chi connectivity index (χ4n) is 2.52. The van der Waals surface area contributed by atoms with E-state index in [0.717, 1.165) is 0 Å². The highest BCUT2D eigenvalue weighted by Gasteiger charge is 2.32. The minimum Gasteiger partial charge on any atom is -0.265 e. The first-order valence-electron chi connectivity index (χ1n) is 5.75. The predicted molar refractivity (Wildman–Crippen MR) is 63.2 cm³/mol. The van der Waals surface area contributed by atoms with Crippen molar-refractivity contribution in [1.82, 2.24) is 9.97 Å². The molecule has 3 rings (SSSR count). The molecular weight excluding hydrogens is 196 g/mol. The van der Waals surface area contributed by atoms with Crippen LogP contribution in [0.2, 0.25) is 0 Å². The fraction of sp³-hybridized carbons (Fsp3) is 0.286. The van der Waals surface area contributed by atoms with Crippen LogP contribution in [0.15, 0.2) is 49.1 Å². The Morgan fingerprint density at radius 1 is 0.688 bits per heavy atom. The second-order valence-electron chi connectivity index (χ2n) is 4.35. The van der Waals surface area contributed by atoms with Crippen molar-refractivity contribution in [3.05, 3.63) is 60.2 Å². The van der Waals surface area contributed by atoms with E-state index in [9.17, 15) is 0 Å². The lowest BCUT2D eigenvalue weighted by atomic mass is 9.67. The monoisotopic (exact) mass is 210 g/mol. The molecule has 0 radical (unpaired) electrons. The maximum absolute atomic E-state index is 4.07. The van der Waals surface area contributed by atoms with Crippen molar-refractivity contribution in [1.29, 1.82) is 0 Å². The van der Waals surface area contributed by atoms with E-state index >= 15 is 0 Å². The zero-order valence-corrected chi connectivity index (χ0v) is 9.08. The Hall–Kier alpha value is -1.70. The molecule has 16 heavy (non-hydrogen) atoms. The van der Waals surface area contributed by atoms with Crippen LogP contribution < -0.4 is 0 Å². The SMILES string of the molecule is c1cc([C@@H]2CC[C@H]2c2ccncc2)ccn1. The summed E-state index contributed by atoms with van der Waals surface area (Å²) in [7, 11) is 0. The third-order valence-corrected chi connectivity index (χ3v) is 3.54. The van der Waals surface area contributed by atoms with Crippen LogP contribution in [0.3, 0.4) is 0 Å². The molecule has 0 amide bonds. The molecule has 1 aliphatic carbocycles. The number of hydrogen-bond acceptors (Lipinski definition) is 2. The van der Waals surface area contributed by atoms with Gasteiger partial charge in [0.15, 0.2) is 0 Å². The molecule has 0 spiro atoms. The molecule has 2 heterocycles. The standard InChI is InChI=1S/C14H14N2/c1-2-14(12-5-9-16-10-6-12)13(1)11-3-7-15-8-4-11/h3-10,13-14H,1-2H2/t13-,14-/m0/s1. The van der Waals surface area contributed by atoms with Gasteiger partial charge in [0.25, 0.3) is 0 Å². The van der Waals surface area contributed by atoms with Crippen LogP contribution in [0, 0.1) is 0 Å². The Morgan fingerprint density at radius 2 is 1.06 bits per heavy atom. The molecule has 0 saturated heterocycles. The van der Waals surface area contributed by atoms with Crippen molar-refractivity contribution in [2.24, 2.45) is 0 Å². The molecule has 0 unspecified atom stereocenters. The van der Waals surface area contributed by atoms with E-state index in [-0.39, 0.29) is 0 Å². The van der Waals surface area contributed by atoms with Gasteiger partial charge in [-0.2, -0.15) is 0 Å². The van der Waals surface area contributed by atoms with Crippen molar-refractivity contribution in [2.45, 2.75) is 24.7 Å². The molecule has 2 heteroatoms. The third-order valence-electron chi connectivity index (χ3n) is 3.54. The molecule has 2 aromatic rings. The molecular formula is C14H14N2. The minimum absolute atomic E-state index is 0.672. The number of nitrogens with zero attached hydrogens (tertiary/aromatic N) is 2. The third kappa shape index (κ3) is 1.60. The zero-order valence-electron chi connectivity index (χ0n) is 9.08. The van der Waals surface area contributed by atoms with Crippen LogP contribution in [0.1, 0.15) is 35.8 Å². The summed E-state index contributed by atoms with van der Waals surface area (Å²) in [4.78, 5) is 8.15. The first-order valence-corrected chi connectivity index (χ1v) is 5.75. The lowest BCUT2D eigenvalue weighted by Gasteiger charge is -2.37. The first-order chi connectivity index (χ1) is 7.95. The largest absolute Gasteiger partial charge is 0.265 e. The van der Waals surface area contributed by atoms with Gasteiger partial charge < -0.3 is 0 Å². The van der Waals surface area contributed by atoms with Crippen molar-refractivity contribution < 1.29 is 0 Å². The van der Waals surface area contributed by atoms with Crippen molar-refractivity contribution in [3.63, 3.8) is 0 Å². The summed E-state index contributed by atoms with van der Waals surface area (Å²) in [6.07, 6.45) is 10.1. The average molecular weight is 210 g/mol. The number of rotatable bonds is 2. The smallest absolute Gasteiger partial charge is 0.0270 e. The maximum Gasteiger partial charge on any atom is 0.0270 e. The fourth-order valence-corrected chi connectivity index (χ4v) is 2.52. The molecule has 0 N–H and O–H groups in total. The molecule has 1 aliphatic rings. The topological polar surface area (TPSA) is 25.8 Å². The van der Waals surface area contributed by atoms with Gasteiger partial charge in [-0.3, -0.25) is 9.97 Å². The summed E-state index contributed by atoms with van der Waals surface area (Å²) in [5.41, 5.74) is 2.84. The van der Waals surface area contributed by atoms with Gasteiger partial charge in [0.05, 0.1) is 0 Å². The van der Waals surface area contributed by atoms with E-state index in [1.54, 1.807) is 0 Å². The van der Waals surface area contributed by atoms with Gasteiger partial charge in [-0.05, 0) is 60.1 Å². The van der Waals surface area contributed by atoms with Gasteiger partial charge in [-0.25, -0.2) is 0 Å². The summed E-state index contributed by atoms with van der Waals surface area (Å²) in [5, 5.41) is 0. The average Bonchev–Trinajstić information content (AvgIpc) is 2.30.